The Morgan fingerprint density at radius 2 is 1.81 bits per heavy atom. The van der Waals surface area contributed by atoms with Gasteiger partial charge in [0.25, 0.3) is 0 Å². The van der Waals surface area contributed by atoms with Gasteiger partial charge in [-0.3, -0.25) is 4.79 Å². The summed E-state index contributed by atoms with van der Waals surface area (Å²) in [5.41, 5.74) is 0.663. The number of carbonyl (C=O) groups excluding carboxylic acids is 2. The Labute approximate surface area is 122 Å². The van der Waals surface area contributed by atoms with Crippen LogP contribution in [0.5, 0.6) is 5.75 Å². The van der Waals surface area contributed by atoms with E-state index in [2.05, 4.69) is 4.74 Å². The van der Waals surface area contributed by atoms with Gasteiger partial charge in [-0.25, -0.2) is 4.79 Å². The first-order chi connectivity index (χ1) is 10.1. The molecule has 5 nitrogen and oxygen atoms in total. The summed E-state index contributed by atoms with van der Waals surface area (Å²) in [6.45, 7) is 2.01. The van der Waals surface area contributed by atoms with Gasteiger partial charge in [0.05, 0.1) is 7.11 Å². The smallest absolute Gasteiger partial charge is 0.373 e. The van der Waals surface area contributed by atoms with Crippen LogP contribution in [-0.4, -0.2) is 18.9 Å². The average Bonchev–Trinajstić information content (AvgIpc) is 3.01. The Morgan fingerprint density at radius 1 is 1.10 bits per heavy atom. The second-order valence-electron chi connectivity index (χ2n) is 4.35. The Hall–Kier alpha value is -2.56. The number of ketones is 1. The SMILES string of the molecule is CCC(=O)c1ccc(OCc2ccc(C(=O)OC)o2)cc1. The van der Waals surface area contributed by atoms with Gasteiger partial charge in [0, 0.05) is 12.0 Å². The van der Waals surface area contributed by atoms with Crippen molar-refractivity contribution in [3.8, 4) is 5.75 Å². The van der Waals surface area contributed by atoms with E-state index in [0.29, 0.717) is 23.5 Å². The molecule has 0 atom stereocenters. The lowest BCUT2D eigenvalue weighted by Crippen LogP contribution is -1.99. The minimum Gasteiger partial charge on any atom is -0.486 e. The van der Waals surface area contributed by atoms with Crippen LogP contribution in [0.4, 0.5) is 0 Å². The second-order valence-corrected chi connectivity index (χ2v) is 4.35. The predicted molar refractivity (Wildman–Crippen MR) is 75.4 cm³/mol. The number of hydrogen-bond donors (Lipinski definition) is 0. The van der Waals surface area contributed by atoms with Crippen molar-refractivity contribution in [2.45, 2.75) is 20.0 Å². The molecule has 0 saturated heterocycles. The van der Waals surface area contributed by atoms with Crippen LogP contribution in [0.3, 0.4) is 0 Å². The van der Waals surface area contributed by atoms with Crippen molar-refractivity contribution in [1.29, 1.82) is 0 Å². The van der Waals surface area contributed by atoms with Gasteiger partial charge in [-0.1, -0.05) is 6.92 Å². The molecular formula is C16H16O5. The Morgan fingerprint density at radius 3 is 2.43 bits per heavy atom. The fourth-order valence-electron chi connectivity index (χ4n) is 1.76. The van der Waals surface area contributed by atoms with Gasteiger partial charge in [0.1, 0.15) is 18.1 Å². The van der Waals surface area contributed by atoms with Gasteiger partial charge < -0.3 is 13.9 Å². The average molecular weight is 288 g/mol. The van der Waals surface area contributed by atoms with E-state index in [1.807, 2.05) is 6.92 Å². The van der Waals surface area contributed by atoms with Crippen molar-refractivity contribution in [1.82, 2.24) is 0 Å². The summed E-state index contributed by atoms with van der Waals surface area (Å²) in [6.07, 6.45) is 0.475. The quantitative estimate of drug-likeness (QED) is 0.603. The number of benzene rings is 1. The van der Waals surface area contributed by atoms with Gasteiger partial charge in [-0.05, 0) is 36.4 Å². The number of ether oxygens (including phenoxy) is 2. The molecule has 2 rings (SSSR count). The van der Waals surface area contributed by atoms with E-state index in [-0.39, 0.29) is 18.2 Å². The maximum atomic E-state index is 11.5. The van der Waals surface area contributed by atoms with Crippen LogP contribution in [0.1, 0.15) is 40.0 Å². The molecule has 1 aromatic heterocycles. The molecule has 0 N–H and O–H groups in total. The molecule has 0 fully saturated rings. The number of methoxy groups -OCH3 is 1. The van der Waals surface area contributed by atoms with Crippen molar-refractivity contribution >= 4 is 11.8 Å². The van der Waals surface area contributed by atoms with Crippen LogP contribution in [-0.2, 0) is 11.3 Å². The van der Waals surface area contributed by atoms with E-state index in [1.54, 1.807) is 30.3 Å². The summed E-state index contributed by atoms with van der Waals surface area (Å²) < 4.78 is 15.4. The summed E-state index contributed by atoms with van der Waals surface area (Å²) in [5.74, 6) is 0.849. The van der Waals surface area contributed by atoms with Crippen LogP contribution in [0.2, 0.25) is 0 Å². The van der Waals surface area contributed by atoms with Gasteiger partial charge in [-0.15, -0.1) is 0 Å². The van der Waals surface area contributed by atoms with Crippen molar-refractivity contribution < 1.29 is 23.5 Å². The standard InChI is InChI=1S/C16H16O5/c1-3-14(17)11-4-6-12(7-5-11)20-10-13-8-9-15(21-13)16(18)19-2/h4-9H,3,10H2,1-2H3. The van der Waals surface area contributed by atoms with Gasteiger partial charge >= 0.3 is 5.97 Å². The van der Waals surface area contributed by atoms with Crippen molar-refractivity contribution in [2.24, 2.45) is 0 Å². The van der Waals surface area contributed by atoms with E-state index in [9.17, 15) is 9.59 Å². The zero-order valence-electron chi connectivity index (χ0n) is 11.9. The first-order valence-corrected chi connectivity index (χ1v) is 6.57. The molecule has 2 aromatic rings. The van der Waals surface area contributed by atoms with Crippen LogP contribution >= 0.6 is 0 Å². The minimum atomic E-state index is -0.524. The number of furan rings is 1. The highest BCUT2D eigenvalue weighted by molar-refractivity contribution is 5.95. The van der Waals surface area contributed by atoms with Crippen LogP contribution in [0.15, 0.2) is 40.8 Å². The molecule has 21 heavy (non-hydrogen) atoms. The molecule has 0 aliphatic rings. The zero-order chi connectivity index (χ0) is 15.2. The van der Waals surface area contributed by atoms with Crippen LogP contribution < -0.4 is 4.74 Å². The number of rotatable bonds is 6. The molecule has 1 heterocycles. The number of carbonyl (C=O) groups is 2. The molecule has 0 aliphatic heterocycles. The topological polar surface area (TPSA) is 65.7 Å². The maximum Gasteiger partial charge on any atom is 0.373 e. The third-order valence-electron chi connectivity index (χ3n) is 2.93. The summed E-state index contributed by atoms with van der Waals surface area (Å²) >= 11 is 0. The van der Waals surface area contributed by atoms with Gasteiger partial charge in [-0.2, -0.15) is 0 Å². The van der Waals surface area contributed by atoms with E-state index in [1.165, 1.54) is 13.2 Å². The highest BCUT2D eigenvalue weighted by Gasteiger charge is 2.11. The maximum absolute atomic E-state index is 11.5. The van der Waals surface area contributed by atoms with E-state index in [0.717, 1.165) is 0 Å². The molecule has 0 radical (unpaired) electrons. The molecule has 1 aromatic carbocycles. The van der Waals surface area contributed by atoms with E-state index < -0.39 is 5.97 Å². The van der Waals surface area contributed by atoms with Gasteiger partial charge in [0.15, 0.2) is 5.78 Å². The molecule has 0 saturated carbocycles. The first-order valence-electron chi connectivity index (χ1n) is 6.57. The van der Waals surface area contributed by atoms with Crippen molar-refractivity contribution in [3.63, 3.8) is 0 Å². The second kappa shape index (κ2) is 6.74. The molecule has 5 heteroatoms. The molecule has 0 amide bonds. The summed E-state index contributed by atoms with van der Waals surface area (Å²) in [4.78, 5) is 22.7. The van der Waals surface area contributed by atoms with E-state index in [4.69, 9.17) is 9.15 Å². The molecule has 0 unspecified atom stereocenters. The third-order valence-corrected chi connectivity index (χ3v) is 2.93. The molecule has 0 spiro atoms. The largest absolute Gasteiger partial charge is 0.486 e. The molecule has 0 bridgehead atoms. The van der Waals surface area contributed by atoms with Crippen LogP contribution in [0, 0.1) is 0 Å². The fraction of sp³-hybridized carbons (Fsp3) is 0.250. The number of Topliss-reactive ketones (excluding diaryl/α,β-unsaturated/α-hetero) is 1. The number of esters is 1. The van der Waals surface area contributed by atoms with Crippen LogP contribution in [0.25, 0.3) is 0 Å². The molecule has 110 valence electrons. The highest BCUT2D eigenvalue weighted by atomic mass is 16.5. The lowest BCUT2D eigenvalue weighted by molar-refractivity contribution is 0.0561. The third kappa shape index (κ3) is 3.72. The minimum absolute atomic E-state index is 0.0929. The summed E-state index contributed by atoms with van der Waals surface area (Å²) in [7, 11) is 1.29. The number of hydrogen-bond acceptors (Lipinski definition) is 5. The predicted octanol–water partition coefficient (Wildman–Crippen LogP) is 3.24. The Balaban J connectivity index is 1.95. The Bertz CT molecular complexity index is 624. The molecule has 0 aliphatic carbocycles. The lowest BCUT2D eigenvalue weighted by atomic mass is 10.1. The monoisotopic (exact) mass is 288 g/mol. The molecular weight excluding hydrogens is 272 g/mol. The highest BCUT2D eigenvalue weighted by Crippen LogP contribution is 2.16. The lowest BCUT2D eigenvalue weighted by Gasteiger charge is -2.05. The van der Waals surface area contributed by atoms with Crippen molar-refractivity contribution in [2.75, 3.05) is 7.11 Å². The van der Waals surface area contributed by atoms with Gasteiger partial charge in [0.2, 0.25) is 5.76 Å². The van der Waals surface area contributed by atoms with E-state index >= 15 is 0 Å². The zero-order valence-corrected chi connectivity index (χ0v) is 11.9. The first kappa shape index (κ1) is 14.8. The van der Waals surface area contributed by atoms with Crippen molar-refractivity contribution in [3.05, 3.63) is 53.5 Å². The summed E-state index contributed by atoms with van der Waals surface area (Å²) in [6, 6.07) is 10.1. The fourth-order valence-corrected chi connectivity index (χ4v) is 1.76. The summed E-state index contributed by atoms with van der Waals surface area (Å²) in [5, 5.41) is 0. The normalized spacial score (nSPS) is 10.2. The Kier molecular flexibility index (Phi) is 4.77.